The second-order valence-corrected chi connectivity index (χ2v) is 7.69. The molecular formula is C15H20N2O3S. The minimum Gasteiger partial charge on any atom is -0.359 e. The topological polar surface area (TPSA) is 79.0 Å². The van der Waals surface area contributed by atoms with Crippen molar-refractivity contribution in [1.82, 2.24) is 4.98 Å². The summed E-state index contributed by atoms with van der Waals surface area (Å²) in [6.07, 6.45) is 0.508. The molecule has 0 aliphatic rings. The van der Waals surface area contributed by atoms with E-state index in [1.807, 2.05) is 25.1 Å². The van der Waals surface area contributed by atoms with Gasteiger partial charge in [0.05, 0.1) is 5.75 Å². The van der Waals surface area contributed by atoms with E-state index in [-0.39, 0.29) is 5.75 Å². The van der Waals surface area contributed by atoms with Crippen LogP contribution in [0.4, 0.5) is 5.69 Å². The second kappa shape index (κ2) is 5.89. The van der Waals surface area contributed by atoms with Crippen molar-refractivity contribution in [2.75, 3.05) is 11.1 Å². The number of benzene rings is 1. The van der Waals surface area contributed by atoms with Crippen LogP contribution in [0.25, 0.3) is 10.9 Å². The zero-order valence-corrected chi connectivity index (χ0v) is 13.3. The first-order valence-electron chi connectivity index (χ1n) is 6.95. The van der Waals surface area contributed by atoms with E-state index in [0.717, 1.165) is 16.6 Å². The van der Waals surface area contributed by atoms with Gasteiger partial charge >= 0.3 is 0 Å². The summed E-state index contributed by atoms with van der Waals surface area (Å²) in [6, 6.07) is 7.43. The number of aromatic nitrogens is 1. The van der Waals surface area contributed by atoms with Gasteiger partial charge in [0.15, 0.2) is 9.84 Å². The Labute approximate surface area is 124 Å². The third kappa shape index (κ3) is 3.44. The molecule has 0 fully saturated rings. The molecule has 1 aromatic carbocycles. The quantitative estimate of drug-likeness (QED) is 0.891. The van der Waals surface area contributed by atoms with Crippen molar-refractivity contribution in [2.24, 2.45) is 0 Å². The van der Waals surface area contributed by atoms with Crippen molar-refractivity contribution in [3.8, 4) is 0 Å². The highest BCUT2D eigenvalue weighted by Gasteiger charge is 2.27. The lowest BCUT2D eigenvalue weighted by atomic mass is 10.2. The van der Waals surface area contributed by atoms with Crippen LogP contribution < -0.4 is 5.32 Å². The van der Waals surface area contributed by atoms with Crippen molar-refractivity contribution in [3.05, 3.63) is 30.0 Å². The Morgan fingerprint density at radius 2 is 2.05 bits per heavy atom. The lowest BCUT2D eigenvalue weighted by Gasteiger charge is -2.12. The number of rotatable bonds is 5. The highest BCUT2D eigenvalue weighted by molar-refractivity contribution is 7.92. The molecule has 0 saturated heterocycles. The lowest BCUT2D eigenvalue weighted by molar-refractivity contribution is -0.115. The zero-order valence-electron chi connectivity index (χ0n) is 12.4. The number of aromatic amines is 1. The number of carbonyl (C=O) groups excluding carboxylic acids is 1. The van der Waals surface area contributed by atoms with Gasteiger partial charge < -0.3 is 10.3 Å². The van der Waals surface area contributed by atoms with Crippen LogP contribution in [0.2, 0.25) is 0 Å². The molecule has 1 heterocycles. The minimum atomic E-state index is -3.39. The summed E-state index contributed by atoms with van der Waals surface area (Å²) in [5.74, 6) is -0.465. The Morgan fingerprint density at radius 1 is 1.33 bits per heavy atom. The molecule has 5 nitrogen and oxygen atoms in total. The molecule has 1 atom stereocenters. The summed E-state index contributed by atoms with van der Waals surface area (Å²) in [7, 11) is -3.39. The Kier molecular flexibility index (Phi) is 4.37. The van der Waals surface area contributed by atoms with Gasteiger partial charge in [-0.1, -0.05) is 6.92 Å². The summed E-state index contributed by atoms with van der Waals surface area (Å²) < 4.78 is 23.8. The van der Waals surface area contributed by atoms with Gasteiger partial charge in [-0.05, 0) is 44.5 Å². The number of hydrogen-bond donors (Lipinski definition) is 2. The fourth-order valence-corrected chi connectivity index (χ4v) is 3.53. The van der Waals surface area contributed by atoms with Gasteiger partial charge in [-0.25, -0.2) is 8.42 Å². The van der Waals surface area contributed by atoms with Crippen LogP contribution in [0.5, 0.6) is 0 Å². The highest BCUT2D eigenvalue weighted by Crippen LogP contribution is 2.20. The SMILES string of the molecule is CCCS(=O)(=O)[C@H](C)C(=O)Nc1ccc2[nH]c(C)cc2c1. The third-order valence-electron chi connectivity index (χ3n) is 3.42. The van der Waals surface area contributed by atoms with Gasteiger partial charge in [-0.15, -0.1) is 0 Å². The number of hydrogen-bond acceptors (Lipinski definition) is 3. The largest absolute Gasteiger partial charge is 0.359 e. The number of fused-ring (bicyclic) bond motifs is 1. The monoisotopic (exact) mass is 308 g/mol. The fourth-order valence-electron chi connectivity index (χ4n) is 2.22. The Balaban J connectivity index is 2.17. The predicted molar refractivity (Wildman–Crippen MR) is 85.2 cm³/mol. The summed E-state index contributed by atoms with van der Waals surface area (Å²) >= 11 is 0. The zero-order chi connectivity index (χ0) is 15.6. The van der Waals surface area contributed by atoms with E-state index in [9.17, 15) is 13.2 Å². The van der Waals surface area contributed by atoms with Crippen molar-refractivity contribution < 1.29 is 13.2 Å². The summed E-state index contributed by atoms with van der Waals surface area (Å²) in [5, 5.41) is 2.62. The van der Waals surface area contributed by atoms with Crippen LogP contribution in [-0.2, 0) is 14.6 Å². The molecule has 0 spiro atoms. The molecule has 1 amide bonds. The average molecular weight is 308 g/mol. The highest BCUT2D eigenvalue weighted by atomic mass is 32.2. The molecule has 2 N–H and O–H groups in total. The first kappa shape index (κ1) is 15.6. The Hall–Kier alpha value is -1.82. The summed E-state index contributed by atoms with van der Waals surface area (Å²) in [6.45, 7) is 5.17. The smallest absolute Gasteiger partial charge is 0.242 e. The fraction of sp³-hybridized carbons (Fsp3) is 0.400. The summed E-state index contributed by atoms with van der Waals surface area (Å²) in [4.78, 5) is 15.3. The van der Waals surface area contributed by atoms with Crippen LogP contribution in [0, 0.1) is 6.92 Å². The molecule has 2 rings (SSSR count). The van der Waals surface area contributed by atoms with Crippen LogP contribution in [-0.4, -0.2) is 30.3 Å². The van der Waals surface area contributed by atoms with Gasteiger partial charge in [-0.3, -0.25) is 4.79 Å². The van der Waals surface area contributed by atoms with Gasteiger partial charge in [0.1, 0.15) is 5.25 Å². The molecule has 0 saturated carbocycles. The number of nitrogens with one attached hydrogen (secondary N) is 2. The van der Waals surface area contributed by atoms with Crippen LogP contribution in [0.1, 0.15) is 26.0 Å². The van der Waals surface area contributed by atoms with Crippen molar-refractivity contribution in [3.63, 3.8) is 0 Å². The molecule has 21 heavy (non-hydrogen) atoms. The maximum absolute atomic E-state index is 12.1. The Bertz CT molecular complexity index is 762. The maximum atomic E-state index is 12.1. The molecule has 114 valence electrons. The molecule has 0 unspecified atom stereocenters. The predicted octanol–water partition coefficient (Wildman–Crippen LogP) is 2.63. The third-order valence-corrected chi connectivity index (χ3v) is 5.69. The van der Waals surface area contributed by atoms with Crippen molar-refractivity contribution in [1.29, 1.82) is 0 Å². The first-order chi connectivity index (χ1) is 9.83. The van der Waals surface area contributed by atoms with Gasteiger partial charge in [0.2, 0.25) is 5.91 Å². The number of sulfone groups is 1. The van der Waals surface area contributed by atoms with E-state index >= 15 is 0 Å². The average Bonchev–Trinajstić information content (AvgIpc) is 2.77. The standard InChI is InChI=1S/C15H20N2O3S/c1-4-7-21(19,20)11(3)15(18)17-13-5-6-14-12(9-13)8-10(2)16-14/h5-6,8-9,11,16H,4,7H2,1-3H3,(H,17,18)/t11-/m1/s1. The van der Waals surface area contributed by atoms with Gasteiger partial charge in [0.25, 0.3) is 0 Å². The number of amides is 1. The van der Waals surface area contributed by atoms with E-state index in [4.69, 9.17) is 0 Å². The first-order valence-corrected chi connectivity index (χ1v) is 8.67. The summed E-state index contributed by atoms with van der Waals surface area (Å²) in [5.41, 5.74) is 2.62. The molecular weight excluding hydrogens is 288 g/mol. The van der Waals surface area contributed by atoms with E-state index in [1.54, 1.807) is 13.0 Å². The molecule has 0 radical (unpaired) electrons. The Morgan fingerprint density at radius 3 is 2.71 bits per heavy atom. The van der Waals surface area contributed by atoms with E-state index < -0.39 is 21.0 Å². The van der Waals surface area contributed by atoms with Crippen LogP contribution >= 0.6 is 0 Å². The second-order valence-electron chi connectivity index (χ2n) is 5.25. The normalized spacial score (nSPS) is 13.3. The lowest BCUT2D eigenvalue weighted by Crippen LogP contribution is -2.34. The van der Waals surface area contributed by atoms with E-state index in [2.05, 4.69) is 10.3 Å². The molecule has 1 aromatic heterocycles. The van der Waals surface area contributed by atoms with Crippen LogP contribution in [0.15, 0.2) is 24.3 Å². The van der Waals surface area contributed by atoms with E-state index in [1.165, 1.54) is 6.92 Å². The number of aryl methyl sites for hydroxylation is 1. The molecule has 0 bridgehead atoms. The van der Waals surface area contributed by atoms with Crippen molar-refractivity contribution in [2.45, 2.75) is 32.4 Å². The molecule has 0 aliphatic carbocycles. The van der Waals surface area contributed by atoms with Crippen LogP contribution in [0.3, 0.4) is 0 Å². The maximum Gasteiger partial charge on any atom is 0.242 e. The molecule has 0 aliphatic heterocycles. The number of H-pyrrole nitrogens is 1. The van der Waals surface area contributed by atoms with Gasteiger partial charge in [0, 0.05) is 22.3 Å². The van der Waals surface area contributed by atoms with Gasteiger partial charge in [-0.2, -0.15) is 0 Å². The number of anilines is 1. The molecule has 6 heteroatoms. The minimum absolute atomic E-state index is 0.0254. The number of carbonyl (C=O) groups is 1. The van der Waals surface area contributed by atoms with E-state index in [0.29, 0.717) is 12.1 Å². The van der Waals surface area contributed by atoms with Crippen molar-refractivity contribution >= 4 is 32.3 Å². The molecule has 2 aromatic rings.